The van der Waals surface area contributed by atoms with Crippen LogP contribution in [0.2, 0.25) is 0 Å². The van der Waals surface area contributed by atoms with Gasteiger partial charge in [0.1, 0.15) is 0 Å². The van der Waals surface area contributed by atoms with Crippen LogP contribution in [0.25, 0.3) is 0 Å². The van der Waals surface area contributed by atoms with E-state index < -0.39 is 21.5 Å². The average molecular weight is 325 g/mol. The van der Waals surface area contributed by atoms with Crippen LogP contribution in [0, 0.1) is 0 Å². The van der Waals surface area contributed by atoms with Gasteiger partial charge in [-0.3, -0.25) is 9.05 Å². The summed E-state index contributed by atoms with van der Waals surface area (Å²) in [5, 5.41) is 8.76. The zero-order valence-corrected chi connectivity index (χ0v) is 12.3. The molecule has 1 rings (SSSR count). The first-order valence-corrected chi connectivity index (χ1v) is 8.13. The van der Waals surface area contributed by atoms with Gasteiger partial charge in [0.15, 0.2) is 0 Å². The first-order valence-electron chi connectivity index (χ1n) is 5.07. The standard InChI is InChI=1S/C9H13NO8P2/c1-17-19(13,14)10(20(15,16)18-2)8-5-3-7(4-6-8)9(11)12/h3-6H,1-2H3,(H,11,12)(H,13,14)(H,15,16). The molecule has 0 aromatic heterocycles. The molecule has 0 fully saturated rings. The molecule has 0 bridgehead atoms. The Morgan fingerprint density at radius 2 is 1.45 bits per heavy atom. The zero-order valence-electron chi connectivity index (χ0n) is 10.5. The quantitative estimate of drug-likeness (QED) is 0.668. The molecule has 0 heterocycles. The number of carboxylic acids is 1. The monoisotopic (exact) mass is 325 g/mol. The summed E-state index contributed by atoms with van der Waals surface area (Å²) in [5.41, 5.74) is -0.292. The molecule has 2 unspecified atom stereocenters. The van der Waals surface area contributed by atoms with E-state index in [1.54, 1.807) is 0 Å². The molecule has 2 atom stereocenters. The molecule has 1 aromatic rings. The predicted molar refractivity (Wildman–Crippen MR) is 69.5 cm³/mol. The van der Waals surface area contributed by atoms with Crippen LogP contribution in [0.1, 0.15) is 10.4 Å². The third-order valence-corrected chi connectivity index (χ3v) is 6.03. The van der Waals surface area contributed by atoms with Crippen LogP contribution in [0.3, 0.4) is 0 Å². The maximum absolute atomic E-state index is 11.8. The summed E-state index contributed by atoms with van der Waals surface area (Å²) in [5.74, 6) is -1.21. The van der Waals surface area contributed by atoms with Crippen LogP contribution in [-0.2, 0) is 18.2 Å². The first kappa shape index (κ1) is 16.8. The molecule has 0 amide bonds. The molecule has 1 aromatic carbocycles. The molecule has 0 aliphatic carbocycles. The fraction of sp³-hybridized carbons (Fsp3) is 0.222. The molecular weight excluding hydrogens is 312 g/mol. The van der Waals surface area contributed by atoms with Gasteiger partial charge in [0.25, 0.3) is 0 Å². The fourth-order valence-corrected chi connectivity index (χ4v) is 4.07. The van der Waals surface area contributed by atoms with Crippen molar-refractivity contribution >= 4 is 27.1 Å². The Bertz CT molecular complexity index is 562. The summed E-state index contributed by atoms with van der Waals surface area (Å²) >= 11 is 0. The van der Waals surface area contributed by atoms with Crippen molar-refractivity contribution in [3.63, 3.8) is 0 Å². The molecule has 0 aliphatic heterocycles. The molecule has 0 aliphatic rings. The lowest BCUT2D eigenvalue weighted by Crippen LogP contribution is -2.18. The minimum absolute atomic E-state index is 0.0934. The number of carbonyl (C=O) groups is 1. The van der Waals surface area contributed by atoms with Crippen molar-refractivity contribution in [2.24, 2.45) is 0 Å². The van der Waals surface area contributed by atoms with Gasteiger partial charge in [-0.2, -0.15) is 4.44 Å². The highest BCUT2D eigenvalue weighted by Gasteiger charge is 2.43. The van der Waals surface area contributed by atoms with Crippen molar-refractivity contribution in [1.82, 2.24) is 0 Å². The number of anilines is 1. The summed E-state index contributed by atoms with van der Waals surface area (Å²) in [7, 11) is -7.50. The third-order valence-electron chi connectivity index (χ3n) is 2.30. The van der Waals surface area contributed by atoms with E-state index in [0.29, 0.717) is 0 Å². The van der Waals surface area contributed by atoms with E-state index in [4.69, 9.17) is 5.11 Å². The molecule has 112 valence electrons. The summed E-state index contributed by atoms with van der Waals surface area (Å²) in [6.07, 6.45) is 0. The van der Waals surface area contributed by atoms with Crippen molar-refractivity contribution in [1.29, 1.82) is 0 Å². The molecule has 0 saturated heterocycles. The molecule has 9 nitrogen and oxygen atoms in total. The molecule has 20 heavy (non-hydrogen) atoms. The normalized spacial score (nSPS) is 17.0. The Balaban J connectivity index is 3.36. The highest BCUT2D eigenvalue weighted by molar-refractivity contribution is 7.73. The number of benzene rings is 1. The highest BCUT2D eigenvalue weighted by atomic mass is 31.3. The number of nitrogens with zero attached hydrogens (tertiary/aromatic N) is 1. The molecule has 3 N–H and O–H groups in total. The summed E-state index contributed by atoms with van der Waals surface area (Å²) < 4.78 is 32.5. The maximum atomic E-state index is 11.8. The second-order valence-electron chi connectivity index (χ2n) is 3.49. The minimum atomic E-state index is -4.63. The number of carboxylic acid groups (broad SMARTS) is 1. The molecule has 0 spiro atoms. The van der Waals surface area contributed by atoms with Gasteiger partial charge < -0.3 is 14.9 Å². The van der Waals surface area contributed by atoms with Gasteiger partial charge in [0.05, 0.1) is 11.3 Å². The third kappa shape index (κ3) is 3.46. The van der Waals surface area contributed by atoms with Crippen molar-refractivity contribution < 1.29 is 37.9 Å². The number of rotatable bonds is 6. The largest absolute Gasteiger partial charge is 0.478 e. The van der Waals surface area contributed by atoms with Crippen LogP contribution < -0.4 is 4.44 Å². The Labute approximate surface area is 114 Å². The van der Waals surface area contributed by atoms with E-state index in [1.807, 2.05) is 0 Å². The minimum Gasteiger partial charge on any atom is -0.478 e. The van der Waals surface area contributed by atoms with Crippen LogP contribution in [0.5, 0.6) is 0 Å². The second-order valence-corrected chi connectivity index (χ2v) is 7.30. The van der Waals surface area contributed by atoms with Gasteiger partial charge in [0.2, 0.25) is 0 Å². The van der Waals surface area contributed by atoms with Gasteiger partial charge in [0, 0.05) is 14.2 Å². The van der Waals surface area contributed by atoms with Gasteiger partial charge >= 0.3 is 21.5 Å². The Hall–Kier alpha value is -1.21. The van der Waals surface area contributed by atoms with E-state index in [9.17, 15) is 23.7 Å². The summed E-state index contributed by atoms with van der Waals surface area (Å²) in [4.78, 5) is 29.9. The fourth-order valence-electron chi connectivity index (χ4n) is 1.33. The van der Waals surface area contributed by atoms with Crippen molar-refractivity contribution in [3.05, 3.63) is 29.8 Å². The van der Waals surface area contributed by atoms with Gasteiger partial charge in [-0.25, -0.2) is 13.9 Å². The van der Waals surface area contributed by atoms with Crippen LogP contribution in [0.15, 0.2) is 24.3 Å². The van der Waals surface area contributed by atoms with Crippen LogP contribution >= 0.6 is 15.5 Å². The number of aromatic carboxylic acids is 1. The Kier molecular flexibility index (Phi) is 5.10. The summed E-state index contributed by atoms with van der Waals surface area (Å²) in [6.45, 7) is 0. The zero-order chi connectivity index (χ0) is 15.6. The number of hydrogen-bond donors (Lipinski definition) is 3. The molecule has 0 radical (unpaired) electrons. The topological polar surface area (TPSA) is 134 Å². The van der Waals surface area contributed by atoms with Crippen molar-refractivity contribution in [2.75, 3.05) is 18.7 Å². The van der Waals surface area contributed by atoms with E-state index in [-0.39, 0.29) is 15.7 Å². The molecule has 0 saturated carbocycles. The van der Waals surface area contributed by atoms with E-state index in [0.717, 1.165) is 38.5 Å². The molecule has 11 heteroatoms. The second kappa shape index (κ2) is 6.05. The Morgan fingerprint density at radius 1 is 1.05 bits per heavy atom. The first-order chi connectivity index (χ1) is 9.15. The van der Waals surface area contributed by atoms with Crippen molar-refractivity contribution in [2.45, 2.75) is 0 Å². The highest BCUT2D eigenvalue weighted by Crippen LogP contribution is 2.64. The summed E-state index contributed by atoms with van der Waals surface area (Å²) in [6, 6.07) is 4.40. The van der Waals surface area contributed by atoms with Crippen LogP contribution in [-0.4, -0.2) is 35.1 Å². The van der Waals surface area contributed by atoms with E-state index in [1.165, 1.54) is 0 Å². The van der Waals surface area contributed by atoms with E-state index >= 15 is 0 Å². The lowest BCUT2D eigenvalue weighted by atomic mass is 10.2. The lowest BCUT2D eigenvalue weighted by molar-refractivity contribution is 0.0697. The number of hydrogen-bond acceptors (Lipinski definition) is 5. The molecular formula is C9H13NO8P2. The smallest absolute Gasteiger partial charge is 0.441 e. The Morgan fingerprint density at radius 3 is 1.75 bits per heavy atom. The SMILES string of the molecule is COP(=O)(O)N(c1ccc(C(=O)O)cc1)P(=O)(O)OC. The maximum Gasteiger partial charge on any atom is 0.441 e. The van der Waals surface area contributed by atoms with Gasteiger partial charge in [-0.15, -0.1) is 0 Å². The average Bonchev–Trinajstić information content (AvgIpc) is 2.39. The van der Waals surface area contributed by atoms with Crippen molar-refractivity contribution in [3.8, 4) is 0 Å². The lowest BCUT2D eigenvalue weighted by Gasteiger charge is -2.29. The van der Waals surface area contributed by atoms with Gasteiger partial charge in [-0.05, 0) is 24.3 Å². The van der Waals surface area contributed by atoms with E-state index in [2.05, 4.69) is 9.05 Å². The predicted octanol–water partition coefficient (Wildman–Crippen LogP) is 1.68. The van der Waals surface area contributed by atoms with Gasteiger partial charge in [-0.1, -0.05) is 0 Å². The van der Waals surface area contributed by atoms with Crippen LogP contribution in [0.4, 0.5) is 5.69 Å².